The van der Waals surface area contributed by atoms with Crippen molar-refractivity contribution in [2.24, 2.45) is 10.9 Å². The quantitative estimate of drug-likeness (QED) is 0.261. The van der Waals surface area contributed by atoms with Crippen molar-refractivity contribution in [3.8, 4) is 0 Å². The maximum Gasteiger partial charge on any atom is 0.230 e. The molecule has 1 atom stereocenters. The highest BCUT2D eigenvalue weighted by molar-refractivity contribution is 7.99. The normalized spacial score (nSPS) is 13.7. The molecular weight excluding hydrogens is 202 g/mol. The Hall–Kier alpha value is -0.910. The molecular formula is C8H17N3O2S. The predicted molar refractivity (Wildman–Crippen MR) is 58.6 cm³/mol. The molecule has 0 fully saturated rings. The van der Waals surface area contributed by atoms with Gasteiger partial charge in [-0.3, -0.25) is 4.79 Å². The first-order chi connectivity index (χ1) is 6.63. The number of nitrogens with zero attached hydrogens (tertiary/aromatic N) is 1. The molecule has 0 spiro atoms. The zero-order chi connectivity index (χ0) is 11.0. The first kappa shape index (κ1) is 13.1. The van der Waals surface area contributed by atoms with Gasteiger partial charge in [0.25, 0.3) is 0 Å². The molecule has 14 heavy (non-hydrogen) atoms. The van der Waals surface area contributed by atoms with Gasteiger partial charge in [-0.05, 0) is 12.7 Å². The smallest absolute Gasteiger partial charge is 0.230 e. The number of nitrogens with one attached hydrogen (secondary N) is 1. The number of carbonyl (C=O) groups excluding carboxylic acids is 1. The van der Waals surface area contributed by atoms with E-state index in [-0.39, 0.29) is 17.8 Å². The summed E-state index contributed by atoms with van der Waals surface area (Å²) in [6.07, 6.45) is 3.01. The number of carbonyl (C=O) groups is 1. The number of hydrogen-bond acceptors (Lipinski definition) is 4. The number of rotatable bonds is 6. The summed E-state index contributed by atoms with van der Waals surface area (Å²) >= 11 is 1.46. The molecule has 0 saturated heterocycles. The van der Waals surface area contributed by atoms with E-state index in [0.717, 1.165) is 6.42 Å². The minimum atomic E-state index is -0.0504. The number of thioether (sulfide) groups is 1. The number of amidine groups is 1. The molecule has 0 aliphatic heterocycles. The summed E-state index contributed by atoms with van der Waals surface area (Å²) in [7, 11) is 0. The molecule has 0 aliphatic rings. The third kappa shape index (κ3) is 5.69. The molecule has 0 aromatic rings. The van der Waals surface area contributed by atoms with E-state index in [1.54, 1.807) is 0 Å². The Bertz CT molecular complexity index is 209. The van der Waals surface area contributed by atoms with Gasteiger partial charge in [0.05, 0.1) is 5.75 Å². The van der Waals surface area contributed by atoms with Crippen LogP contribution in [-0.2, 0) is 4.79 Å². The maximum absolute atomic E-state index is 11.2. The highest BCUT2D eigenvalue weighted by atomic mass is 32.2. The molecule has 0 rings (SSSR count). The van der Waals surface area contributed by atoms with Crippen LogP contribution in [0.5, 0.6) is 0 Å². The van der Waals surface area contributed by atoms with E-state index in [1.807, 2.05) is 13.2 Å². The molecule has 0 aromatic heterocycles. The van der Waals surface area contributed by atoms with Gasteiger partial charge in [-0.25, -0.2) is 0 Å². The molecule has 0 bridgehead atoms. The molecule has 4 N–H and O–H groups in total. The Morgan fingerprint density at radius 2 is 2.36 bits per heavy atom. The van der Waals surface area contributed by atoms with Crippen molar-refractivity contribution in [2.75, 3.05) is 12.0 Å². The lowest BCUT2D eigenvalue weighted by molar-refractivity contribution is -0.119. The molecule has 82 valence electrons. The summed E-state index contributed by atoms with van der Waals surface area (Å²) in [4.78, 5) is 11.2. The summed E-state index contributed by atoms with van der Waals surface area (Å²) < 4.78 is 0. The Kier molecular flexibility index (Phi) is 7.00. The zero-order valence-corrected chi connectivity index (χ0v) is 9.30. The molecule has 1 unspecified atom stereocenters. The lowest BCUT2D eigenvalue weighted by Crippen LogP contribution is -2.38. The molecule has 0 radical (unpaired) electrons. The van der Waals surface area contributed by atoms with Crippen LogP contribution in [0, 0.1) is 0 Å². The summed E-state index contributed by atoms with van der Waals surface area (Å²) in [5.41, 5.74) is 5.34. The van der Waals surface area contributed by atoms with Crippen molar-refractivity contribution in [3.05, 3.63) is 0 Å². The van der Waals surface area contributed by atoms with Crippen LogP contribution < -0.4 is 11.1 Å². The second-order valence-electron chi connectivity index (χ2n) is 2.90. The number of nitrogens with two attached hydrogens (primary N) is 1. The summed E-state index contributed by atoms with van der Waals surface area (Å²) in [5, 5.41) is 14.0. The summed E-state index contributed by atoms with van der Waals surface area (Å²) in [5.74, 6) is 0.559. The maximum atomic E-state index is 11.2. The van der Waals surface area contributed by atoms with E-state index in [2.05, 4.69) is 10.5 Å². The average molecular weight is 219 g/mol. The molecule has 0 saturated carbocycles. The highest BCUT2D eigenvalue weighted by Crippen LogP contribution is 1.99. The largest absolute Gasteiger partial charge is 0.409 e. The molecule has 5 nitrogen and oxygen atoms in total. The van der Waals surface area contributed by atoms with Gasteiger partial charge in [0, 0.05) is 12.5 Å². The van der Waals surface area contributed by atoms with Gasteiger partial charge < -0.3 is 16.3 Å². The van der Waals surface area contributed by atoms with Crippen LogP contribution in [0.4, 0.5) is 0 Å². The molecule has 1 amide bonds. The van der Waals surface area contributed by atoms with Crippen molar-refractivity contribution in [3.63, 3.8) is 0 Å². The Labute approximate surface area is 88.1 Å². The van der Waals surface area contributed by atoms with Crippen molar-refractivity contribution in [1.29, 1.82) is 0 Å². The van der Waals surface area contributed by atoms with Gasteiger partial charge >= 0.3 is 0 Å². The van der Waals surface area contributed by atoms with E-state index >= 15 is 0 Å². The second-order valence-corrected chi connectivity index (χ2v) is 3.77. The van der Waals surface area contributed by atoms with Gasteiger partial charge in [-0.1, -0.05) is 12.1 Å². The van der Waals surface area contributed by atoms with Crippen LogP contribution >= 0.6 is 11.8 Å². The van der Waals surface area contributed by atoms with E-state index in [1.165, 1.54) is 11.8 Å². The van der Waals surface area contributed by atoms with Crippen molar-refractivity contribution in [2.45, 2.75) is 25.8 Å². The molecule has 0 heterocycles. The standard InChI is InChI=1S/C8H17N3O2S/c1-3-6(4-7(9)11-13)10-8(12)5-14-2/h6,13H,3-5H2,1-2H3,(H2,9,11)(H,10,12). The first-order valence-corrected chi connectivity index (χ1v) is 5.78. The second kappa shape index (κ2) is 7.49. The molecule has 0 aromatic carbocycles. The van der Waals surface area contributed by atoms with Gasteiger partial charge in [0.15, 0.2) is 0 Å². The average Bonchev–Trinajstić information content (AvgIpc) is 2.16. The minimum Gasteiger partial charge on any atom is -0.409 e. The van der Waals surface area contributed by atoms with Gasteiger partial charge in [-0.2, -0.15) is 11.8 Å². The lowest BCUT2D eigenvalue weighted by atomic mass is 10.1. The van der Waals surface area contributed by atoms with Crippen LogP contribution in [0.15, 0.2) is 5.16 Å². The molecule has 0 aliphatic carbocycles. The van der Waals surface area contributed by atoms with E-state index in [9.17, 15) is 4.79 Å². The first-order valence-electron chi connectivity index (χ1n) is 4.38. The lowest BCUT2D eigenvalue weighted by Gasteiger charge is -2.15. The topological polar surface area (TPSA) is 87.7 Å². The Morgan fingerprint density at radius 3 is 2.79 bits per heavy atom. The van der Waals surface area contributed by atoms with Crippen molar-refractivity contribution >= 4 is 23.5 Å². The number of hydrogen-bond donors (Lipinski definition) is 3. The van der Waals surface area contributed by atoms with Gasteiger partial charge in [0.2, 0.25) is 5.91 Å². The third-order valence-corrected chi connectivity index (χ3v) is 2.27. The van der Waals surface area contributed by atoms with Crippen LogP contribution in [0.1, 0.15) is 19.8 Å². The van der Waals surface area contributed by atoms with Gasteiger partial charge in [-0.15, -0.1) is 0 Å². The van der Waals surface area contributed by atoms with E-state index in [4.69, 9.17) is 10.9 Å². The predicted octanol–water partition coefficient (Wildman–Crippen LogP) is 0.381. The summed E-state index contributed by atoms with van der Waals surface area (Å²) in [6.45, 7) is 1.94. The fourth-order valence-corrected chi connectivity index (χ4v) is 1.34. The third-order valence-electron chi connectivity index (χ3n) is 1.72. The van der Waals surface area contributed by atoms with Crippen LogP contribution in [0.3, 0.4) is 0 Å². The fraction of sp³-hybridized carbons (Fsp3) is 0.750. The van der Waals surface area contributed by atoms with E-state index < -0.39 is 0 Å². The highest BCUT2D eigenvalue weighted by Gasteiger charge is 2.11. The molecule has 6 heteroatoms. The SMILES string of the molecule is CCC(CC(N)=NO)NC(=O)CSC. The van der Waals surface area contributed by atoms with Crippen LogP contribution in [-0.4, -0.2) is 35.0 Å². The fourth-order valence-electron chi connectivity index (χ4n) is 0.991. The summed E-state index contributed by atoms with van der Waals surface area (Å²) in [6, 6.07) is -0.0504. The van der Waals surface area contributed by atoms with Crippen LogP contribution in [0.25, 0.3) is 0 Å². The van der Waals surface area contributed by atoms with Crippen molar-refractivity contribution in [1.82, 2.24) is 5.32 Å². The minimum absolute atomic E-state index is 0.0184. The van der Waals surface area contributed by atoms with Crippen LogP contribution in [0.2, 0.25) is 0 Å². The number of oxime groups is 1. The van der Waals surface area contributed by atoms with E-state index in [0.29, 0.717) is 12.2 Å². The van der Waals surface area contributed by atoms with Gasteiger partial charge in [0.1, 0.15) is 5.84 Å². The Balaban J connectivity index is 3.96. The zero-order valence-electron chi connectivity index (χ0n) is 8.49. The Morgan fingerprint density at radius 1 is 1.71 bits per heavy atom. The number of amides is 1. The monoisotopic (exact) mass is 219 g/mol. The van der Waals surface area contributed by atoms with Crippen molar-refractivity contribution < 1.29 is 10.0 Å².